The molecule has 3 heteroatoms. The highest BCUT2D eigenvalue weighted by molar-refractivity contribution is 8.14. The average molecular weight is 226 g/mol. The molecule has 0 aromatic heterocycles. The Morgan fingerprint density at radius 1 is 1.40 bits per heavy atom. The van der Waals surface area contributed by atoms with Crippen molar-refractivity contribution in [2.45, 2.75) is 52.0 Å². The number of rotatable bonds is 3. The second-order valence-electron chi connectivity index (χ2n) is 5.63. The number of hydrogen-bond donors (Lipinski definition) is 1. The molecule has 2 nitrogen and oxygen atoms in total. The summed E-state index contributed by atoms with van der Waals surface area (Å²) in [5.41, 5.74) is 0.796. The first-order valence-electron chi connectivity index (χ1n) is 6.01. The fourth-order valence-corrected chi connectivity index (χ4v) is 3.31. The lowest BCUT2D eigenvalue weighted by molar-refractivity contribution is 0.139. The van der Waals surface area contributed by atoms with Crippen LogP contribution in [0, 0.1) is 5.41 Å². The van der Waals surface area contributed by atoms with Gasteiger partial charge < -0.3 is 5.32 Å². The number of aliphatic imine (C=N–C) groups is 1. The van der Waals surface area contributed by atoms with E-state index in [4.69, 9.17) is 4.99 Å². The Labute approximate surface area is 97.3 Å². The van der Waals surface area contributed by atoms with E-state index in [2.05, 4.69) is 26.1 Å². The molecule has 0 aromatic carbocycles. The minimum Gasteiger partial charge on any atom is -0.359 e. The van der Waals surface area contributed by atoms with Crippen LogP contribution in [-0.4, -0.2) is 23.0 Å². The zero-order chi connectivity index (χ0) is 10.9. The molecule has 0 unspecified atom stereocenters. The van der Waals surface area contributed by atoms with Crippen molar-refractivity contribution < 1.29 is 0 Å². The number of amidine groups is 1. The van der Waals surface area contributed by atoms with Gasteiger partial charge in [-0.1, -0.05) is 25.1 Å². The zero-order valence-corrected chi connectivity index (χ0v) is 10.9. The SMILES string of the molecule is CCC1(CN=C2NC(C)(C)CS2)CCC1. The van der Waals surface area contributed by atoms with E-state index in [9.17, 15) is 0 Å². The van der Waals surface area contributed by atoms with E-state index in [0.717, 1.165) is 12.3 Å². The van der Waals surface area contributed by atoms with Gasteiger partial charge in [-0.05, 0) is 38.5 Å². The van der Waals surface area contributed by atoms with Gasteiger partial charge in [0.15, 0.2) is 5.17 Å². The monoisotopic (exact) mass is 226 g/mol. The largest absolute Gasteiger partial charge is 0.359 e. The van der Waals surface area contributed by atoms with Crippen molar-refractivity contribution in [3.8, 4) is 0 Å². The number of thioether (sulfide) groups is 1. The van der Waals surface area contributed by atoms with Crippen LogP contribution in [-0.2, 0) is 0 Å². The Hall–Kier alpha value is -0.180. The van der Waals surface area contributed by atoms with Gasteiger partial charge in [0.2, 0.25) is 0 Å². The molecule has 1 N–H and O–H groups in total. The van der Waals surface area contributed by atoms with Crippen molar-refractivity contribution in [1.82, 2.24) is 5.32 Å². The molecule has 1 saturated carbocycles. The molecule has 0 aromatic rings. The highest BCUT2D eigenvalue weighted by atomic mass is 32.2. The molecule has 0 atom stereocenters. The molecule has 2 rings (SSSR count). The Balaban J connectivity index is 1.89. The first kappa shape index (κ1) is 11.3. The predicted molar refractivity (Wildman–Crippen MR) is 68.5 cm³/mol. The highest BCUT2D eigenvalue weighted by Gasteiger charge is 2.35. The van der Waals surface area contributed by atoms with Gasteiger partial charge in [-0.15, -0.1) is 0 Å². The third-order valence-electron chi connectivity index (χ3n) is 3.74. The van der Waals surface area contributed by atoms with E-state index in [0.29, 0.717) is 5.41 Å². The van der Waals surface area contributed by atoms with Gasteiger partial charge >= 0.3 is 0 Å². The number of nitrogens with one attached hydrogen (secondary N) is 1. The maximum atomic E-state index is 4.75. The highest BCUT2D eigenvalue weighted by Crippen LogP contribution is 2.44. The number of nitrogens with zero attached hydrogens (tertiary/aromatic N) is 1. The lowest BCUT2D eigenvalue weighted by Gasteiger charge is -2.40. The summed E-state index contributed by atoms with van der Waals surface area (Å²) >= 11 is 1.87. The molecule has 1 aliphatic heterocycles. The Morgan fingerprint density at radius 2 is 2.13 bits per heavy atom. The van der Waals surface area contributed by atoms with Crippen LogP contribution in [0.25, 0.3) is 0 Å². The molecule has 1 heterocycles. The van der Waals surface area contributed by atoms with Crippen LogP contribution < -0.4 is 5.32 Å². The van der Waals surface area contributed by atoms with E-state index < -0.39 is 0 Å². The van der Waals surface area contributed by atoms with E-state index in [-0.39, 0.29) is 5.54 Å². The minimum absolute atomic E-state index is 0.239. The maximum absolute atomic E-state index is 4.75. The summed E-state index contributed by atoms with van der Waals surface area (Å²) in [5, 5.41) is 4.65. The zero-order valence-electron chi connectivity index (χ0n) is 10.1. The molecule has 1 saturated heterocycles. The van der Waals surface area contributed by atoms with Crippen molar-refractivity contribution in [3.63, 3.8) is 0 Å². The van der Waals surface area contributed by atoms with Crippen LogP contribution in [0.1, 0.15) is 46.5 Å². The summed E-state index contributed by atoms with van der Waals surface area (Å²) in [5.74, 6) is 1.14. The molecule has 2 fully saturated rings. The first-order chi connectivity index (χ1) is 7.05. The minimum atomic E-state index is 0.239. The van der Waals surface area contributed by atoms with E-state index in [1.807, 2.05) is 11.8 Å². The van der Waals surface area contributed by atoms with Crippen LogP contribution in [0.4, 0.5) is 0 Å². The molecule has 0 radical (unpaired) electrons. The van der Waals surface area contributed by atoms with Gasteiger partial charge in [0.1, 0.15) is 0 Å². The van der Waals surface area contributed by atoms with E-state index >= 15 is 0 Å². The van der Waals surface area contributed by atoms with Crippen LogP contribution in [0.2, 0.25) is 0 Å². The Kier molecular flexibility index (Phi) is 3.02. The van der Waals surface area contributed by atoms with Gasteiger partial charge in [-0.3, -0.25) is 4.99 Å². The average Bonchev–Trinajstić information content (AvgIpc) is 2.45. The quantitative estimate of drug-likeness (QED) is 0.800. The standard InChI is InChI=1S/C12H22N2S/c1-4-12(6-5-7-12)8-13-10-14-11(2,3)9-15-10/h4-9H2,1-3H3,(H,13,14). The molecule has 86 valence electrons. The van der Waals surface area contributed by atoms with Crippen LogP contribution in [0.3, 0.4) is 0 Å². The van der Waals surface area contributed by atoms with Crippen molar-refractivity contribution in [1.29, 1.82) is 0 Å². The third-order valence-corrected chi connectivity index (χ3v) is 5.11. The fourth-order valence-electron chi connectivity index (χ4n) is 2.24. The predicted octanol–water partition coefficient (Wildman–Crippen LogP) is 3.04. The fraction of sp³-hybridized carbons (Fsp3) is 0.917. The Bertz CT molecular complexity index is 261. The molecule has 15 heavy (non-hydrogen) atoms. The summed E-state index contributed by atoms with van der Waals surface area (Å²) in [6, 6.07) is 0. The summed E-state index contributed by atoms with van der Waals surface area (Å²) in [7, 11) is 0. The van der Waals surface area contributed by atoms with Gasteiger partial charge in [0.25, 0.3) is 0 Å². The maximum Gasteiger partial charge on any atom is 0.157 e. The first-order valence-corrected chi connectivity index (χ1v) is 6.99. The van der Waals surface area contributed by atoms with Gasteiger partial charge in [-0.25, -0.2) is 0 Å². The molecule has 0 bridgehead atoms. The third kappa shape index (κ3) is 2.49. The van der Waals surface area contributed by atoms with Crippen molar-refractivity contribution in [2.75, 3.05) is 12.3 Å². The van der Waals surface area contributed by atoms with E-state index in [1.54, 1.807) is 0 Å². The van der Waals surface area contributed by atoms with E-state index in [1.165, 1.54) is 30.9 Å². The summed E-state index contributed by atoms with van der Waals surface area (Å²) in [4.78, 5) is 4.75. The normalized spacial score (nSPS) is 29.9. The Morgan fingerprint density at radius 3 is 2.53 bits per heavy atom. The molecule has 0 spiro atoms. The summed E-state index contributed by atoms with van der Waals surface area (Å²) < 4.78 is 0. The molecule has 2 aliphatic rings. The topological polar surface area (TPSA) is 24.4 Å². The molecular formula is C12H22N2S. The van der Waals surface area contributed by atoms with Crippen molar-refractivity contribution in [3.05, 3.63) is 0 Å². The lowest BCUT2D eigenvalue weighted by atomic mass is 9.67. The van der Waals surface area contributed by atoms with Gasteiger partial charge in [-0.2, -0.15) is 0 Å². The molecule has 1 aliphatic carbocycles. The van der Waals surface area contributed by atoms with Crippen molar-refractivity contribution >= 4 is 16.9 Å². The number of hydrogen-bond acceptors (Lipinski definition) is 2. The van der Waals surface area contributed by atoms with Crippen molar-refractivity contribution in [2.24, 2.45) is 10.4 Å². The smallest absolute Gasteiger partial charge is 0.157 e. The van der Waals surface area contributed by atoms with Crippen LogP contribution in [0.5, 0.6) is 0 Å². The van der Waals surface area contributed by atoms with Crippen LogP contribution >= 0.6 is 11.8 Å². The second kappa shape index (κ2) is 4.00. The molecular weight excluding hydrogens is 204 g/mol. The van der Waals surface area contributed by atoms with Crippen LogP contribution in [0.15, 0.2) is 4.99 Å². The summed E-state index contributed by atoms with van der Waals surface area (Å²) in [6.07, 6.45) is 5.46. The summed E-state index contributed by atoms with van der Waals surface area (Å²) in [6.45, 7) is 7.82. The lowest BCUT2D eigenvalue weighted by Crippen LogP contribution is -2.38. The van der Waals surface area contributed by atoms with Gasteiger partial charge in [0.05, 0.1) is 0 Å². The van der Waals surface area contributed by atoms with Gasteiger partial charge in [0, 0.05) is 17.8 Å². The molecule has 0 amide bonds. The second-order valence-corrected chi connectivity index (χ2v) is 6.59.